The molecule has 0 aromatic carbocycles. The number of thioether (sulfide) groups is 1. The molecule has 0 amide bonds. The Hall–Kier alpha value is 0.270. The second-order valence-electron chi connectivity index (χ2n) is 3.30. The fourth-order valence-corrected chi connectivity index (χ4v) is 2.30. The van der Waals surface area contributed by atoms with Crippen LogP contribution in [0.2, 0.25) is 0 Å². The molecule has 0 N–H and O–H groups in total. The van der Waals surface area contributed by atoms with E-state index < -0.39 is 0 Å². The summed E-state index contributed by atoms with van der Waals surface area (Å²) in [6.07, 6.45) is 3.08. The summed E-state index contributed by atoms with van der Waals surface area (Å²) in [6, 6.07) is 0. The van der Waals surface area contributed by atoms with Crippen molar-refractivity contribution in [2.75, 3.05) is 31.6 Å². The summed E-state index contributed by atoms with van der Waals surface area (Å²) >= 11 is 2.03. The SMILES string of the molecule is CCCCN(C)C1CSCC[N]1. The second kappa shape index (κ2) is 5.84. The van der Waals surface area contributed by atoms with Crippen molar-refractivity contribution in [2.45, 2.75) is 25.9 Å². The Bertz CT molecular complexity index is 113. The van der Waals surface area contributed by atoms with E-state index in [2.05, 4.69) is 24.2 Å². The van der Waals surface area contributed by atoms with Crippen LogP contribution in [-0.4, -0.2) is 42.7 Å². The Morgan fingerprint density at radius 3 is 3.00 bits per heavy atom. The number of hydrogen-bond acceptors (Lipinski definition) is 2. The second-order valence-corrected chi connectivity index (χ2v) is 4.45. The van der Waals surface area contributed by atoms with Crippen molar-refractivity contribution in [2.24, 2.45) is 0 Å². The molecule has 0 saturated carbocycles. The third kappa shape index (κ3) is 3.33. The van der Waals surface area contributed by atoms with Gasteiger partial charge in [-0.3, -0.25) is 4.90 Å². The van der Waals surface area contributed by atoms with Crippen LogP contribution in [0.1, 0.15) is 19.8 Å². The number of hydrogen-bond donors (Lipinski definition) is 0. The Morgan fingerprint density at radius 1 is 1.58 bits per heavy atom. The molecule has 12 heavy (non-hydrogen) atoms. The van der Waals surface area contributed by atoms with E-state index in [1.165, 1.54) is 30.9 Å². The molecule has 1 heterocycles. The minimum atomic E-state index is 0.496. The molecule has 71 valence electrons. The molecule has 1 rings (SSSR count). The predicted octanol–water partition coefficient (Wildman–Crippen LogP) is 1.40. The summed E-state index contributed by atoms with van der Waals surface area (Å²) < 4.78 is 0. The smallest absolute Gasteiger partial charge is 0.0850 e. The van der Waals surface area contributed by atoms with Crippen LogP contribution in [0.5, 0.6) is 0 Å². The number of unbranched alkanes of at least 4 members (excludes halogenated alkanes) is 1. The van der Waals surface area contributed by atoms with E-state index in [1.54, 1.807) is 0 Å². The molecular weight excluding hydrogens is 168 g/mol. The minimum absolute atomic E-state index is 0.496. The van der Waals surface area contributed by atoms with Gasteiger partial charge in [-0.15, -0.1) is 0 Å². The molecule has 1 atom stereocenters. The first-order valence-electron chi connectivity index (χ1n) is 4.79. The maximum atomic E-state index is 4.59. The first-order chi connectivity index (χ1) is 5.84. The zero-order chi connectivity index (χ0) is 8.81. The van der Waals surface area contributed by atoms with Crippen LogP contribution in [0.25, 0.3) is 0 Å². The molecule has 0 aromatic heterocycles. The predicted molar refractivity (Wildman–Crippen MR) is 55.7 cm³/mol. The van der Waals surface area contributed by atoms with Crippen LogP contribution in [0.3, 0.4) is 0 Å². The Kier molecular flexibility index (Phi) is 5.04. The third-order valence-electron chi connectivity index (χ3n) is 2.22. The Balaban J connectivity index is 2.15. The fraction of sp³-hybridized carbons (Fsp3) is 1.00. The largest absolute Gasteiger partial charge is 0.289 e. The third-order valence-corrected chi connectivity index (χ3v) is 3.22. The molecule has 1 aliphatic heterocycles. The van der Waals surface area contributed by atoms with Crippen molar-refractivity contribution in [1.29, 1.82) is 0 Å². The van der Waals surface area contributed by atoms with Gasteiger partial charge in [-0.05, 0) is 20.0 Å². The molecule has 1 unspecified atom stereocenters. The van der Waals surface area contributed by atoms with Crippen LogP contribution < -0.4 is 5.32 Å². The van der Waals surface area contributed by atoms with Gasteiger partial charge in [-0.2, -0.15) is 11.8 Å². The lowest BCUT2D eigenvalue weighted by atomic mass is 10.3. The molecular formula is C9H19N2S. The maximum Gasteiger partial charge on any atom is 0.0850 e. The number of nitrogens with zero attached hydrogens (tertiary/aromatic N) is 2. The van der Waals surface area contributed by atoms with Gasteiger partial charge < -0.3 is 0 Å². The highest BCUT2D eigenvalue weighted by Crippen LogP contribution is 2.11. The standard InChI is InChI=1S/C9H19N2S/c1-3-4-6-11(2)9-8-12-7-5-10-9/h9H,3-8H2,1-2H3. The van der Waals surface area contributed by atoms with Gasteiger partial charge in [0.1, 0.15) is 0 Å². The normalized spacial score (nSPS) is 24.8. The zero-order valence-electron chi connectivity index (χ0n) is 8.12. The summed E-state index contributed by atoms with van der Waals surface area (Å²) in [5.41, 5.74) is 0. The van der Waals surface area contributed by atoms with Gasteiger partial charge in [0.2, 0.25) is 0 Å². The summed E-state index contributed by atoms with van der Waals surface area (Å²) in [6.45, 7) is 4.48. The molecule has 1 aliphatic rings. The van der Waals surface area contributed by atoms with E-state index in [-0.39, 0.29) is 0 Å². The Labute approximate surface area is 80.1 Å². The maximum absolute atomic E-state index is 4.59. The van der Waals surface area contributed by atoms with E-state index in [9.17, 15) is 0 Å². The van der Waals surface area contributed by atoms with Crippen LogP contribution >= 0.6 is 11.8 Å². The summed E-state index contributed by atoms with van der Waals surface area (Å²) in [5, 5.41) is 4.59. The van der Waals surface area contributed by atoms with E-state index in [0.717, 1.165) is 6.54 Å². The van der Waals surface area contributed by atoms with Crippen LogP contribution in [0, 0.1) is 0 Å². The lowest BCUT2D eigenvalue weighted by Gasteiger charge is -2.30. The molecule has 1 radical (unpaired) electrons. The van der Waals surface area contributed by atoms with E-state index in [1.807, 2.05) is 11.8 Å². The molecule has 0 aromatic rings. The quantitative estimate of drug-likeness (QED) is 0.662. The minimum Gasteiger partial charge on any atom is -0.289 e. The highest BCUT2D eigenvalue weighted by Gasteiger charge is 2.17. The molecule has 0 aliphatic carbocycles. The molecule has 0 spiro atoms. The van der Waals surface area contributed by atoms with Crippen LogP contribution in [0.4, 0.5) is 0 Å². The van der Waals surface area contributed by atoms with Gasteiger partial charge in [0, 0.05) is 18.1 Å². The van der Waals surface area contributed by atoms with Gasteiger partial charge in [0.05, 0.1) is 6.17 Å². The van der Waals surface area contributed by atoms with Gasteiger partial charge in [0.25, 0.3) is 0 Å². The lowest BCUT2D eigenvalue weighted by Crippen LogP contribution is -2.44. The van der Waals surface area contributed by atoms with Crippen molar-refractivity contribution < 1.29 is 0 Å². The molecule has 1 saturated heterocycles. The molecule has 3 heteroatoms. The van der Waals surface area contributed by atoms with Gasteiger partial charge >= 0.3 is 0 Å². The van der Waals surface area contributed by atoms with Gasteiger partial charge in [-0.25, -0.2) is 5.32 Å². The van der Waals surface area contributed by atoms with Crippen LogP contribution in [0.15, 0.2) is 0 Å². The molecule has 2 nitrogen and oxygen atoms in total. The number of rotatable bonds is 4. The van der Waals surface area contributed by atoms with Crippen molar-refractivity contribution in [3.8, 4) is 0 Å². The highest BCUT2D eigenvalue weighted by molar-refractivity contribution is 7.99. The summed E-state index contributed by atoms with van der Waals surface area (Å²) in [4.78, 5) is 2.38. The molecule has 0 bridgehead atoms. The average Bonchev–Trinajstić information content (AvgIpc) is 2.15. The topological polar surface area (TPSA) is 17.3 Å². The monoisotopic (exact) mass is 187 g/mol. The lowest BCUT2D eigenvalue weighted by molar-refractivity contribution is 0.217. The van der Waals surface area contributed by atoms with Crippen molar-refractivity contribution in [3.63, 3.8) is 0 Å². The van der Waals surface area contributed by atoms with Crippen LogP contribution in [-0.2, 0) is 0 Å². The van der Waals surface area contributed by atoms with Crippen molar-refractivity contribution >= 4 is 11.8 Å². The van der Waals surface area contributed by atoms with E-state index >= 15 is 0 Å². The fourth-order valence-electron chi connectivity index (χ4n) is 1.33. The first kappa shape index (κ1) is 10.4. The Morgan fingerprint density at radius 2 is 2.42 bits per heavy atom. The van der Waals surface area contributed by atoms with Crippen molar-refractivity contribution in [3.05, 3.63) is 0 Å². The van der Waals surface area contributed by atoms with E-state index in [0.29, 0.717) is 6.17 Å². The average molecular weight is 187 g/mol. The van der Waals surface area contributed by atoms with Crippen molar-refractivity contribution in [1.82, 2.24) is 10.2 Å². The zero-order valence-corrected chi connectivity index (χ0v) is 8.94. The first-order valence-corrected chi connectivity index (χ1v) is 5.94. The van der Waals surface area contributed by atoms with Gasteiger partial charge in [-0.1, -0.05) is 13.3 Å². The summed E-state index contributed by atoms with van der Waals surface area (Å²) in [5.74, 6) is 2.42. The van der Waals surface area contributed by atoms with E-state index in [4.69, 9.17) is 0 Å². The highest BCUT2D eigenvalue weighted by atomic mass is 32.2. The summed E-state index contributed by atoms with van der Waals surface area (Å²) in [7, 11) is 2.19. The van der Waals surface area contributed by atoms with Gasteiger partial charge in [0.15, 0.2) is 0 Å². The molecule has 1 fully saturated rings.